The lowest BCUT2D eigenvalue weighted by molar-refractivity contribution is -0.121. The van der Waals surface area contributed by atoms with Crippen LogP contribution in [0.5, 0.6) is 0 Å². The molecule has 1 aliphatic heterocycles. The number of amides is 1. The summed E-state index contributed by atoms with van der Waals surface area (Å²) >= 11 is 0. The van der Waals surface area contributed by atoms with Crippen LogP contribution >= 0.6 is 0 Å². The lowest BCUT2D eigenvalue weighted by atomic mass is 10.0. The molecule has 0 saturated carbocycles. The molecule has 1 fully saturated rings. The number of allylic oxidation sites excluding steroid dienone is 1. The molecule has 1 saturated heterocycles. The van der Waals surface area contributed by atoms with Crippen LogP contribution in [0.2, 0.25) is 0 Å². The lowest BCUT2D eigenvalue weighted by Gasteiger charge is -2.30. The van der Waals surface area contributed by atoms with E-state index < -0.39 is 0 Å². The third-order valence-corrected chi connectivity index (χ3v) is 5.19. The highest BCUT2D eigenvalue weighted by Gasteiger charge is 2.17. The van der Waals surface area contributed by atoms with E-state index in [-0.39, 0.29) is 12.0 Å². The van der Waals surface area contributed by atoms with Crippen molar-refractivity contribution in [1.29, 1.82) is 0 Å². The van der Waals surface area contributed by atoms with Gasteiger partial charge in [-0.1, -0.05) is 66.7 Å². The van der Waals surface area contributed by atoms with Crippen molar-refractivity contribution in [2.75, 3.05) is 13.1 Å². The maximum atomic E-state index is 12.2. The highest BCUT2D eigenvalue weighted by molar-refractivity contribution is 5.76. The van der Waals surface area contributed by atoms with Gasteiger partial charge in [0.2, 0.25) is 5.91 Å². The fourth-order valence-electron chi connectivity index (χ4n) is 3.48. The molecule has 0 bridgehead atoms. The monoisotopic (exact) mass is 378 g/mol. The Labute approximate surface area is 167 Å². The van der Waals surface area contributed by atoms with Crippen molar-refractivity contribution in [1.82, 2.24) is 10.2 Å². The van der Waals surface area contributed by atoms with Gasteiger partial charge in [-0.25, -0.2) is 0 Å². The van der Waals surface area contributed by atoms with E-state index in [1.165, 1.54) is 11.1 Å². The summed E-state index contributed by atoms with van der Waals surface area (Å²) in [5.74, 6) is 0.0774. The summed E-state index contributed by atoms with van der Waals surface area (Å²) < 4.78 is 0. The van der Waals surface area contributed by atoms with Crippen molar-refractivity contribution < 1.29 is 9.90 Å². The summed E-state index contributed by atoms with van der Waals surface area (Å²) in [6, 6.07) is 18.4. The zero-order valence-electron chi connectivity index (χ0n) is 16.4. The Morgan fingerprint density at radius 1 is 1.04 bits per heavy atom. The van der Waals surface area contributed by atoms with Crippen molar-refractivity contribution in [2.45, 2.75) is 44.9 Å². The number of aliphatic hydroxyl groups is 1. The Balaban J connectivity index is 1.43. The van der Waals surface area contributed by atoms with Crippen LogP contribution < -0.4 is 5.32 Å². The Bertz CT molecular complexity index is 765. The summed E-state index contributed by atoms with van der Waals surface area (Å²) in [7, 11) is 0. The Hall–Kier alpha value is -2.43. The minimum Gasteiger partial charge on any atom is -0.393 e. The average molecular weight is 379 g/mol. The molecule has 1 heterocycles. The van der Waals surface area contributed by atoms with Crippen LogP contribution in [0.15, 0.2) is 60.7 Å². The summed E-state index contributed by atoms with van der Waals surface area (Å²) in [6.45, 7) is 3.29. The molecule has 4 heteroatoms. The lowest BCUT2D eigenvalue weighted by Crippen LogP contribution is -2.35. The molecule has 1 amide bonds. The molecular weight excluding hydrogens is 348 g/mol. The first-order chi connectivity index (χ1) is 13.7. The van der Waals surface area contributed by atoms with Gasteiger partial charge < -0.3 is 10.4 Å². The number of hydrogen-bond donors (Lipinski definition) is 2. The summed E-state index contributed by atoms with van der Waals surface area (Å²) in [5, 5.41) is 12.7. The van der Waals surface area contributed by atoms with Gasteiger partial charge in [0, 0.05) is 32.6 Å². The molecule has 0 aromatic heterocycles. The second-order valence-electron chi connectivity index (χ2n) is 7.40. The molecule has 1 aliphatic rings. The van der Waals surface area contributed by atoms with E-state index in [0.717, 1.165) is 44.5 Å². The standard InChI is InChI=1S/C24H30N2O2/c27-23-14-16-26(17-15-23)19-22-12-6-5-11-21(22)18-25-24(28)13-7-4-10-20-8-2-1-3-9-20/h1-6,8-12,23,27H,7,13-19H2,(H,25,28)/b10-4+. The van der Waals surface area contributed by atoms with Crippen LogP contribution in [0.3, 0.4) is 0 Å². The Morgan fingerprint density at radius 3 is 2.46 bits per heavy atom. The van der Waals surface area contributed by atoms with Gasteiger partial charge in [-0.2, -0.15) is 0 Å². The third kappa shape index (κ3) is 6.63. The SMILES string of the molecule is O=C(CC/C=C/c1ccccc1)NCc1ccccc1CN1CCC(O)CC1. The van der Waals surface area contributed by atoms with Gasteiger partial charge in [0.15, 0.2) is 0 Å². The van der Waals surface area contributed by atoms with Gasteiger partial charge in [0.1, 0.15) is 0 Å². The Kier molecular flexibility index (Phi) is 7.82. The molecule has 28 heavy (non-hydrogen) atoms. The molecule has 2 aromatic rings. The average Bonchev–Trinajstić information content (AvgIpc) is 2.73. The van der Waals surface area contributed by atoms with Gasteiger partial charge in [-0.3, -0.25) is 9.69 Å². The second kappa shape index (κ2) is 10.8. The zero-order valence-corrected chi connectivity index (χ0v) is 16.4. The number of aliphatic hydroxyl groups excluding tert-OH is 1. The normalized spacial score (nSPS) is 15.8. The quantitative estimate of drug-likeness (QED) is 0.735. The molecule has 0 aliphatic carbocycles. The highest BCUT2D eigenvalue weighted by Crippen LogP contribution is 2.16. The number of rotatable bonds is 8. The van der Waals surface area contributed by atoms with E-state index in [2.05, 4.69) is 40.6 Å². The van der Waals surface area contributed by atoms with Crippen molar-refractivity contribution in [2.24, 2.45) is 0 Å². The maximum Gasteiger partial charge on any atom is 0.220 e. The molecule has 4 nitrogen and oxygen atoms in total. The number of carbonyl (C=O) groups excluding carboxylic acids is 1. The van der Waals surface area contributed by atoms with Gasteiger partial charge in [-0.05, 0) is 36.0 Å². The number of carbonyl (C=O) groups is 1. The number of piperidine rings is 1. The summed E-state index contributed by atoms with van der Waals surface area (Å²) in [6.07, 6.45) is 6.87. The molecule has 0 radical (unpaired) electrons. The zero-order chi connectivity index (χ0) is 19.6. The fraction of sp³-hybridized carbons (Fsp3) is 0.375. The molecule has 0 atom stereocenters. The van der Waals surface area contributed by atoms with Gasteiger partial charge in [0.25, 0.3) is 0 Å². The van der Waals surface area contributed by atoms with E-state index in [4.69, 9.17) is 0 Å². The first kappa shape index (κ1) is 20.3. The van der Waals surface area contributed by atoms with Gasteiger partial charge >= 0.3 is 0 Å². The van der Waals surface area contributed by atoms with Crippen LogP contribution in [-0.2, 0) is 17.9 Å². The maximum absolute atomic E-state index is 12.2. The minimum atomic E-state index is -0.151. The smallest absolute Gasteiger partial charge is 0.220 e. The van der Waals surface area contributed by atoms with Crippen LogP contribution in [0.4, 0.5) is 0 Å². The van der Waals surface area contributed by atoms with Crippen LogP contribution in [-0.4, -0.2) is 35.1 Å². The van der Waals surface area contributed by atoms with Crippen LogP contribution in [0.25, 0.3) is 6.08 Å². The van der Waals surface area contributed by atoms with Crippen LogP contribution in [0, 0.1) is 0 Å². The van der Waals surface area contributed by atoms with E-state index in [0.29, 0.717) is 13.0 Å². The second-order valence-corrected chi connectivity index (χ2v) is 7.40. The predicted octanol–water partition coefficient (Wildman–Crippen LogP) is 3.75. The number of benzene rings is 2. The number of hydrogen-bond acceptors (Lipinski definition) is 3. The Morgan fingerprint density at radius 2 is 1.71 bits per heavy atom. The third-order valence-electron chi connectivity index (χ3n) is 5.19. The molecular formula is C24H30N2O2. The predicted molar refractivity (Wildman–Crippen MR) is 114 cm³/mol. The van der Waals surface area contributed by atoms with E-state index >= 15 is 0 Å². The van der Waals surface area contributed by atoms with Crippen molar-refractivity contribution in [3.63, 3.8) is 0 Å². The first-order valence-electron chi connectivity index (χ1n) is 10.2. The van der Waals surface area contributed by atoms with Gasteiger partial charge in [-0.15, -0.1) is 0 Å². The fourth-order valence-corrected chi connectivity index (χ4v) is 3.48. The van der Waals surface area contributed by atoms with Gasteiger partial charge in [0.05, 0.1) is 6.10 Å². The number of nitrogens with zero attached hydrogens (tertiary/aromatic N) is 1. The molecule has 2 aromatic carbocycles. The van der Waals surface area contributed by atoms with E-state index in [9.17, 15) is 9.90 Å². The van der Waals surface area contributed by atoms with Crippen molar-refractivity contribution in [3.8, 4) is 0 Å². The minimum absolute atomic E-state index is 0.0774. The van der Waals surface area contributed by atoms with Crippen molar-refractivity contribution in [3.05, 3.63) is 77.4 Å². The summed E-state index contributed by atoms with van der Waals surface area (Å²) in [4.78, 5) is 14.6. The molecule has 148 valence electrons. The molecule has 3 rings (SSSR count). The molecule has 0 unspecified atom stereocenters. The largest absolute Gasteiger partial charge is 0.393 e. The highest BCUT2D eigenvalue weighted by atomic mass is 16.3. The van der Waals surface area contributed by atoms with Crippen molar-refractivity contribution >= 4 is 12.0 Å². The first-order valence-corrected chi connectivity index (χ1v) is 10.2. The molecule has 0 spiro atoms. The summed E-state index contributed by atoms with van der Waals surface area (Å²) in [5.41, 5.74) is 3.58. The number of nitrogens with one attached hydrogen (secondary N) is 1. The van der Waals surface area contributed by atoms with E-state index in [1.807, 2.05) is 36.4 Å². The van der Waals surface area contributed by atoms with E-state index in [1.54, 1.807) is 0 Å². The topological polar surface area (TPSA) is 52.6 Å². The molecule has 2 N–H and O–H groups in total. The van der Waals surface area contributed by atoms with Crippen LogP contribution in [0.1, 0.15) is 42.4 Å². The number of likely N-dealkylation sites (tertiary alicyclic amines) is 1.